The summed E-state index contributed by atoms with van der Waals surface area (Å²) in [6.45, 7) is 8.42. The summed E-state index contributed by atoms with van der Waals surface area (Å²) in [7, 11) is 0. The van der Waals surface area contributed by atoms with E-state index >= 15 is 0 Å². The molecular weight excluding hydrogens is 320 g/mol. The van der Waals surface area contributed by atoms with Gasteiger partial charge >= 0.3 is 0 Å². The maximum atomic E-state index is 12.9. The van der Waals surface area contributed by atoms with Crippen molar-refractivity contribution >= 4 is 5.91 Å². The average Bonchev–Trinajstić information content (AvgIpc) is 3.22. The highest BCUT2D eigenvalue weighted by molar-refractivity contribution is 5.95. The topological polar surface area (TPSA) is 97.0 Å². The lowest BCUT2D eigenvalue weighted by Gasteiger charge is -2.21. The van der Waals surface area contributed by atoms with Crippen molar-refractivity contribution in [1.29, 1.82) is 0 Å². The van der Waals surface area contributed by atoms with Crippen molar-refractivity contribution in [3.8, 4) is 0 Å². The van der Waals surface area contributed by atoms with Crippen molar-refractivity contribution in [2.45, 2.75) is 52.2 Å². The summed E-state index contributed by atoms with van der Waals surface area (Å²) in [6, 6.07) is 1.93. The summed E-state index contributed by atoms with van der Waals surface area (Å²) in [5.41, 5.74) is 1.29. The number of aryl methyl sites for hydroxylation is 2. The molecule has 1 fully saturated rings. The number of aliphatic hydroxyl groups is 1. The van der Waals surface area contributed by atoms with Crippen molar-refractivity contribution in [2.24, 2.45) is 0 Å². The Hall–Kier alpha value is -2.35. The largest absolute Gasteiger partial charge is 0.381 e. The number of amides is 1. The van der Waals surface area contributed by atoms with E-state index in [-0.39, 0.29) is 18.5 Å². The Bertz CT molecular complexity index is 787. The second kappa shape index (κ2) is 6.51. The van der Waals surface area contributed by atoms with E-state index in [1.54, 1.807) is 21.8 Å². The van der Waals surface area contributed by atoms with Gasteiger partial charge in [-0.2, -0.15) is 10.2 Å². The molecule has 2 aromatic rings. The molecule has 0 saturated carbocycles. The Kier molecular flexibility index (Phi) is 4.55. The Morgan fingerprint density at radius 2 is 2.12 bits per heavy atom. The maximum Gasteiger partial charge on any atom is 0.255 e. The highest BCUT2D eigenvalue weighted by Crippen LogP contribution is 2.32. The molecule has 0 spiro atoms. The molecule has 1 amide bonds. The Labute approximate surface area is 146 Å². The zero-order valence-electron chi connectivity index (χ0n) is 15.1. The Morgan fingerprint density at radius 3 is 2.76 bits per heavy atom. The van der Waals surface area contributed by atoms with Crippen LogP contribution >= 0.6 is 0 Å². The summed E-state index contributed by atoms with van der Waals surface area (Å²) in [5.74, 6) is -0.123. The van der Waals surface area contributed by atoms with Gasteiger partial charge in [-0.3, -0.25) is 4.79 Å². The van der Waals surface area contributed by atoms with Gasteiger partial charge in [0, 0.05) is 19.0 Å². The number of carbonyl (C=O) groups excluding carboxylic acids is 1. The van der Waals surface area contributed by atoms with Gasteiger partial charge in [-0.15, -0.1) is 5.10 Å². The van der Waals surface area contributed by atoms with Gasteiger partial charge in [0.1, 0.15) is 11.3 Å². The summed E-state index contributed by atoms with van der Waals surface area (Å²) in [4.78, 5) is 14.6. The second-order valence-corrected chi connectivity index (χ2v) is 6.89. The third kappa shape index (κ3) is 3.26. The van der Waals surface area contributed by atoms with Crippen molar-refractivity contribution < 1.29 is 9.90 Å². The van der Waals surface area contributed by atoms with Gasteiger partial charge in [0.05, 0.1) is 29.7 Å². The lowest BCUT2D eigenvalue weighted by atomic mass is 10.00. The van der Waals surface area contributed by atoms with E-state index < -0.39 is 5.60 Å². The number of rotatable bonds is 4. The summed E-state index contributed by atoms with van der Waals surface area (Å²) in [5, 5.41) is 27.3. The smallest absolute Gasteiger partial charge is 0.255 e. The molecule has 1 saturated heterocycles. The fourth-order valence-corrected chi connectivity index (χ4v) is 3.05. The lowest BCUT2D eigenvalue weighted by molar-refractivity contribution is 0.0381. The minimum Gasteiger partial charge on any atom is -0.381 e. The van der Waals surface area contributed by atoms with Gasteiger partial charge in [0.2, 0.25) is 0 Å². The molecule has 8 nitrogen and oxygen atoms in total. The zero-order valence-corrected chi connectivity index (χ0v) is 15.1. The average molecular weight is 344 g/mol. The predicted molar refractivity (Wildman–Crippen MR) is 91.0 cm³/mol. The fourth-order valence-electron chi connectivity index (χ4n) is 3.05. The molecule has 3 rings (SSSR count). The number of carbonyl (C=O) groups is 1. The van der Waals surface area contributed by atoms with Crippen LogP contribution < -0.4 is 0 Å². The SMILES string of the molecule is CCc1nnc(C)cc1C(=O)N1CC[C@@](O)(c2cn(C(C)C)nn2)C1. The van der Waals surface area contributed by atoms with E-state index in [0.717, 1.165) is 0 Å². The number of hydrogen-bond donors (Lipinski definition) is 1. The molecule has 1 N–H and O–H groups in total. The molecule has 8 heteroatoms. The molecule has 1 atom stereocenters. The molecule has 1 aliphatic heterocycles. The first kappa shape index (κ1) is 17.5. The van der Waals surface area contributed by atoms with E-state index in [1.165, 1.54) is 0 Å². The minimum atomic E-state index is -1.16. The van der Waals surface area contributed by atoms with Crippen LogP contribution in [0, 0.1) is 6.92 Å². The number of β-amino-alcohol motifs (C(OH)–C–C–N with tert-alkyl or cyclic N) is 1. The van der Waals surface area contributed by atoms with Crippen LogP contribution in [0.5, 0.6) is 0 Å². The van der Waals surface area contributed by atoms with Gasteiger partial charge in [0.25, 0.3) is 5.91 Å². The Balaban J connectivity index is 1.82. The second-order valence-electron chi connectivity index (χ2n) is 6.89. The normalized spacial score (nSPS) is 20.5. The summed E-state index contributed by atoms with van der Waals surface area (Å²) in [6.07, 6.45) is 2.83. The third-order valence-electron chi connectivity index (χ3n) is 4.61. The van der Waals surface area contributed by atoms with Gasteiger partial charge in [0.15, 0.2) is 0 Å². The van der Waals surface area contributed by atoms with E-state index in [2.05, 4.69) is 20.5 Å². The highest BCUT2D eigenvalue weighted by atomic mass is 16.3. The molecule has 0 aliphatic carbocycles. The molecule has 0 radical (unpaired) electrons. The quantitative estimate of drug-likeness (QED) is 0.897. The first-order valence-corrected chi connectivity index (χ1v) is 8.61. The number of nitrogens with zero attached hydrogens (tertiary/aromatic N) is 6. The number of likely N-dealkylation sites (tertiary alicyclic amines) is 1. The molecule has 134 valence electrons. The lowest BCUT2D eigenvalue weighted by Crippen LogP contribution is -2.35. The van der Waals surface area contributed by atoms with E-state index in [9.17, 15) is 9.90 Å². The molecule has 3 heterocycles. The van der Waals surface area contributed by atoms with Crippen LogP contribution in [0.3, 0.4) is 0 Å². The Morgan fingerprint density at radius 1 is 1.36 bits per heavy atom. The zero-order chi connectivity index (χ0) is 18.2. The van der Waals surface area contributed by atoms with Crippen molar-refractivity contribution in [3.05, 3.63) is 34.9 Å². The number of aromatic nitrogens is 5. The van der Waals surface area contributed by atoms with Crippen LogP contribution in [0.2, 0.25) is 0 Å². The van der Waals surface area contributed by atoms with Gasteiger partial charge in [-0.05, 0) is 33.3 Å². The molecule has 0 bridgehead atoms. The molecule has 0 unspecified atom stereocenters. The predicted octanol–water partition coefficient (Wildman–Crippen LogP) is 1.25. The van der Waals surface area contributed by atoms with Crippen LogP contribution in [0.15, 0.2) is 12.3 Å². The summed E-state index contributed by atoms with van der Waals surface area (Å²) >= 11 is 0. The number of hydrogen-bond acceptors (Lipinski definition) is 6. The van der Waals surface area contributed by atoms with Crippen LogP contribution in [0.4, 0.5) is 0 Å². The van der Waals surface area contributed by atoms with Gasteiger partial charge in [-0.25, -0.2) is 4.68 Å². The minimum absolute atomic E-state index is 0.123. The van der Waals surface area contributed by atoms with E-state index in [1.807, 2.05) is 27.7 Å². The van der Waals surface area contributed by atoms with Gasteiger partial charge < -0.3 is 10.0 Å². The van der Waals surface area contributed by atoms with Crippen LogP contribution in [-0.2, 0) is 12.0 Å². The van der Waals surface area contributed by atoms with Crippen molar-refractivity contribution in [3.63, 3.8) is 0 Å². The van der Waals surface area contributed by atoms with Crippen molar-refractivity contribution in [1.82, 2.24) is 30.1 Å². The van der Waals surface area contributed by atoms with Crippen molar-refractivity contribution in [2.75, 3.05) is 13.1 Å². The van der Waals surface area contributed by atoms with Crippen LogP contribution in [-0.4, -0.2) is 54.2 Å². The molecular formula is C17H24N6O2. The van der Waals surface area contributed by atoms with Crippen LogP contribution in [0.25, 0.3) is 0 Å². The molecule has 25 heavy (non-hydrogen) atoms. The fraction of sp³-hybridized carbons (Fsp3) is 0.588. The third-order valence-corrected chi connectivity index (χ3v) is 4.61. The molecule has 2 aromatic heterocycles. The van der Waals surface area contributed by atoms with Gasteiger partial charge in [-0.1, -0.05) is 12.1 Å². The standard InChI is InChI=1S/C17H24N6O2/c1-5-14-13(8-12(4)18-19-14)16(24)22-7-6-17(25,10-22)15-9-23(11(2)3)21-20-15/h8-9,11,25H,5-7,10H2,1-4H3/t17-/m0/s1. The summed E-state index contributed by atoms with van der Waals surface area (Å²) < 4.78 is 1.71. The van der Waals surface area contributed by atoms with E-state index in [4.69, 9.17) is 0 Å². The first-order chi connectivity index (χ1) is 11.8. The first-order valence-electron chi connectivity index (χ1n) is 8.61. The molecule has 0 aromatic carbocycles. The van der Waals surface area contributed by atoms with Crippen LogP contribution in [0.1, 0.15) is 60.7 Å². The highest BCUT2D eigenvalue weighted by Gasteiger charge is 2.42. The molecule has 1 aliphatic rings. The van der Waals surface area contributed by atoms with E-state index in [0.29, 0.717) is 42.0 Å². The monoisotopic (exact) mass is 344 g/mol. The maximum absolute atomic E-state index is 12.9.